The van der Waals surface area contributed by atoms with Crippen molar-refractivity contribution in [2.45, 2.75) is 12.8 Å². The van der Waals surface area contributed by atoms with Crippen LogP contribution in [0.15, 0.2) is 18.2 Å². The molecule has 0 aliphatic carbocycles. The van der Waals surface area contributed by atoms with Crippen LogP contribution in [-0.4, -0.2) is 19.5 Å². The Hall–Kier alpha value is -1.10. The largest absolute Gasteiger partial charge is 0.311 e. The second-order valence-electron chi connectivity index (χ2n) is 3.05. The Kier molecular flexibility index (Phi) is 4.55. The topological polar surface area (TPSA) is 12.0 Å². The van der Waals surface area contributed by atoms with Crippen LogP contribution in [0, 0.1) is 11.6 Å². The molecule has 84 valence electrons. The molecule has 0 heterocycles. The van der Waals surface area contributed by atoms with Gasteiger partial charge in [-0.25, -0.2) is 17.6 Å². The van der Waals surface area contributed by atoms with E-state index < -0.39 is 24.6 Å². The van der Waals surface area contributed by atoms with Crippen molar-refractivity contribution in [3.05, 3.63) is 35.4 Å². The van der Waals surface area contributed by atoms with Crippen molar-refractivity contribution in [1.82, 2.24) is 5.32 Å². The minimum absolute atomic E-state index is 0.0607. The lowest BCUT2D eigenvalue weighted by molar-refractivity contribution is 0.146. The van der Waals surface area contributed by atoms with Crippen LogP contribution in [0.4, 0.5) is 17.6 Å². The highest BCUT2D eigenvalue weighted by molar-refractivity contribution is 5.19. The fraction of sp³-hybridized carbons (Fsp3) is 0.400. The Balaban J connectivity index is 2.43. The van der Waals surface area contributed by atoms with E-state index in [1.807, 2.05) is 0 Å². The van der Waals surface area contributed by atoms with Crippen LogP contribution in [0.3, 0.4) is 0 Å². The quantitative estimate of drug-likeness (QED) is 0.594. The van der Waals surface area contributed by atoms with Gasteiger partial charge in [0.1, 0.15) is 11.6 Å². The fourth-order valence-corrected chi connectivity index (χ4v) is 1.20. The molecule has 1 aromatic rings. The first-order chi connectivity index (χ1) is 7.11. The molecule has 0 saturated carbocycles. The Morgan fingerprint density at radius 2 is 1.73 bits per heavy atom. The van der Waals surface area contributed by atoms with E-state index in [-0.39, 0.29) is 18.5 Å². The van der Waals surface area contributed by atoms with Gasteiger partial charge in [-0.2, -0.15) is 0 Å². The average molecular weight is 221 g/mol. The van der Waals surface area contributed by atoms with Gasteiger partial charge in [0.15, 0.2) is 0 Å². The van der Waals surface area contributed by atoms with E-state index in [0.29, 0.717) is 0 Å². The van der Waals surface area contributed by atoms with Crippen LogP contribution in [0.2, 0.25) is 0 Å². The number of hydrogen-bond donors (Lipinski definition) is 1. The molecule has 0 fully saturated rings. The second kappa shape index (κ2) is 5.70. The van der Waals surface area contributed by atoms with Gasteiger partial charge < -0.3 is 5.32 Å². The minimum Gasteiger partial charge on any atom is -0.311 e. The molecule has 15 heavy (non-hydrogen) atoms. The summed E-state index contributed by atoms with van der Waals surface area (Å²) in [6.45, 7) is -0.335. The van der Waals surface area contributed by atoms with Crippen molar-refractivity contribution < 1.29 is 17.6 Å². The maximum absolute atomic E-state index is 13.0. The fourth-order valence-electron chi connectivity index (χ4n) is 1.20. The van der Waals surface area contributed by atoms with E-state index in [2.05, 4.69) is 5.32 Å². The highest BCUT2D eigenvalue weighted by Crippen LogP contribution is 2.11. The molecule has 0 unspecified atom stereocenters. The Morgan fingerprint density at radius 1 is 1.13 bits per heavy atom. The van der Waals surface area contributed by atoms with E-state index in [4.69, 9.17) is 0 Å². The van der Waals surface area contributed by atoms with E-state index in [1.165, 1.54) is 6.07 Å². The lowest BCUT2D eigenvalue weighted by Gasteiger charge is -2.06. The highest BCUT2D eigenvalue weighted by atomic mass is 19.3. The molecule has 1 nitrogen and oxygen atoms in total. The molecule has 0 atom stereocenters. The third-order valence-electron chi connectivity index (χ3n) is 1.91. The summed E-state index contributed by atoms with van der Waals surface area (Å²) in [5.41, 5.74) is -0.0701. The van der Waals surface area contributed by atoms with Crippen molar-refractivity contribution in [2.75, 3.05) is 13.1 Å². The molecule has 0 aliphatic rings. The van der Waals surface area contributed by atoms with Crippen molar-refractivity contribution >= 4 is 0 Å². The monoisotopic (exact) mass is 221 g/mol. The summed E-state index contributed by atoms with van der Waals surface area (Å²) < 4.78 is 49.5. The summed E-state index contributed by atoms with van der Waals surface area (Å²) in [6, 6.07) is 3.55. The minimum atomic E-state index is -2.45. The zero-order chi connectivity index (χ0) is 11.3. The number of rotatable bonds is 5. The molecule has 0 bridgehead atoms. The molecule has 0 saturated heterocycles. The first kappa shape index (κ1) is 12.0. The number of alkyl halides is 2. The summed E-state index contributed by atoms with van der Waals surface area (Å²) in [6.07, 6.45) is -2.39. The summed E-state index contributed by atoms with van der Waals surface area (Å²) in [7, 11) is 0. The van der Waals surface area contributed by atoms with Crippen LogP contribution >= 0.6 is 0 Å². The average Bonchev–Trinajstić information content (AvgIpc) is 2.15. The van der Waals surface area contributed by atoms with E-state index in [9.17, 15) is 17.6 Å². The van der Waals surface area contributed by atoms with Gasteiger partial charge in [-0.05, 0) is 25.1 Å². The van der Waals surface area contributed by atoms with Gasteiger partial charge in [0.05, 0.1) is 6.54 Å². The van der Waals surface area contributed by atoms with Crippen molar-refractivity contribution in [2.24, 2.45) is 0 Å². The maximum Gasteiger partial charge on any atom is 0.250 e. The van der Waals surface area contributed by atoms with Gasteiger partial charge in [0.25, 0.3) is 6.43 Å². The van der Waals surface area contributed by atoms with Crippen molar-refractivity contribution in [1.29, 1.82) is 0 Å². The van der Waals surface area contributed by atoms with Gasteiger partial charge in [-0.3, -0.25) is 0 Å². The zero-order valence-electron chi connectivity index (χ0n) is 7.94. The predicted molar refractivity (Wildman–Crippen MR) is 48.9 cm³/mol. The molecule has 0 spiro atoms. The smallest absolute Gasteiger partial charge is 0.250 e. The third-order valence-corrected chi connectivity index (χ3v) is 1.91. The normalized spacial score (nSPS) is 11.0. The van der Waals surface area contributed by atoms with E-state index in [1.54, 1.807) is 0 Å². The van der Waals surface area contributed by atoms with Crippen LogP contribution in [-0.2, 0) is 6.42 Å². The molecule has 1 aromatic carbocycles. The molecule has 5 heteroatoms. The molecule has 0 aromatic heterocycles. The standard InChI is InChI=1S/C10H11F4N/c11-8-2-1-3-9(12)7(8)4-5-15-6-10(13)14/h1-3,10,15H,4-6H2. The Bertz CT molecular complexity index is 294. The Labute approximate surface area is 85.1 Å². The van der Waals surface area contributed by atoms with Crippen LogP contribution in [0.1, 0.15) is 5.56 Å². The van der Waals surface area contributed by atoms with Gasteiger partial charge in [0, 0.05) is 5.56 Å². The summed E-state index contributed by atoms with van der Waals surface area (Å²) in [4.78, 5) is 0. The van der Waals surface area contributed by atoms with Crippen LogP contribution in [0.5, 0.6) is 0 Å². The Morgan fingerprint density at radius 3 is 2.27 bits per heavy atom. The number of nitrogens with one attached hydrogen (secondary N) is 1. The lowest BCUT2D eigenvalue weighted by Crippen LogP contribution is -2.24. The number of halogens is 4. The molecule has 0 radical (unpaired) electrons. The lowest BCUT2D eigenvalue weighted by atomic mass is 10.1. The predicted octanol–water partition coefficient (Wildman–Crippen LogP) is 2.36. The van der Waals surface area contributed by atoms with E-state index in [0.717, 1.165) is 12.1 Å². The van der Waals surface area contributed by atoms with Crippen LogP contribution < -0.4 is 5.32 Å². The van der Waals surface area contributed by atoms with E-state index >= 15 is 0 Å². The first-order valence-corrected chi connectivity index (χ1v) is 4.53. The van der Waals surface area contributed by atoms with Gasteiger partial charge in [-0.1, -0.05) is 6.07 Å². The highest BCUT2D eigenvalue weighted by Gasteiger charge is 2.08. The van der Waals surface area contributed by atoms with Crippen molar-refractivity contribution in [3.63, 3.8) is 0 Å². The molecule has 0 aliphatic heterocycles. The summed E-state index contributed by atoms with van der Waals surface area (Å²) in [5, 5.41) is 2.40. The second-order valence-corrected chi connectivity index (χ2v) is 3.05. The van der Waals surface area contributed by atoms with Gasteiger partial charge in [0.2, 0.25) is 0 Å². The SMILES string of the molecule is Fc1cccc(F)c1CCNCC(F)F. The van der Waals surface area contributed by atoms with Crippen LogP contribution in [0.25, 0.3) is 0 Å². The molecular formula is C10H11F4N. The number of hydrogen-bond acceptors (Lipinski definition) is 1. The molecule has 1 N–H and O–H groups in total. The van der Waals surface area contributed by atoms with Crippen molar-refractivity contribution in [3.8, 4) is 0 Å². The zero-order valence-corrected chi connectivity index (χ0v) is 7.94. The number of benzene rings is 1. The first-order valence-electron chi connectivity index (χ1n) is 4.53. The summed E-state index contributed by atoms with van der Waals surface area (Å²) >= 11 is 0. The third kappa shape index (κ3) is 3.87. The molecule has 0 amide bonds. The molecule has 1 rings (SSSR count). The maximum atomic E-state index is 13.0. The van der Waals surface area contributed by atoms with Gasteiger partial charge >= 0.3 is 0 Å². The van der Waals surface area contributed by atoms with Gasteiger partial charge in [-0.15, -0.1) is 0 Å². The molecular weight excluding hydrogens is 210 g/mol. The summed E-state index contributed by atoms with van der Waals surface area (Å²) in [5.74, 6) is -1.29.